The second-order valence-electron chi connectivity index (χ2n) is 3.07. The van der Waals surface area contributed by atoms with Crippen LogP contribution in [0.1, 0.15) is 41.4 Å². The predicted molar refractivity (Wildman–Crippen MR) is 60.7 cm³/mol. The second kappa shape index (κ2) is 5.16. The first kappa shape index (κ1) is 14.1. The Kier molecular flexibility index (Phi) is 4.05. The fourth-order valence-corrected chi connectivity index (χ4v) is 1.72. The number of carboxylic acids is 2. The highest BCUT2D eigenvalue weighted by Crippen LogP contribution is 2.23. The summed E-state index contributed by atoms with van der Waals surface area (Å²) in [4.78, 5) is 44.1. The van der Waals surface area contributed by atoms with Gasteiger partial charge in [-0.1, -0.05) is 0 Å². The molecule has 0 saturated heterocycles. The molecular formula is C10H4Cl2O6. The predicted octanol–water partition coefficient (Wildman–Crippen LogP) is 1.84. The highest BCUT2D eigenvalue weighted by Gasteiger charge is 2.28. The van der Waals surface area contributed by atoms with Gasteiger partial charge in [-0.2, -0.15) is 0 Å². The summed E-state index contributed by atoms with van der Waals surface area (Å²) in [6.07, 6.45) is 0. The summed E-state index contributed by atoms with van der Waals surface area (Å²) in [5.74, 6) is -3.27. The molecule has 0 fully saturated rings. The Balaban J connectivity index is 3.82. The standard InChI is InChI=1S/C10H4Cl2O6/c11-7(13)3-1-2-4(9(15)16)6(10(17)18)5(3)8(12)14/h1-2H,(H,15,16)(H,17,18). The maximum Gasteiger partial charge on any atom is 0.337 e. The molecule has 0 unspecified atom stereocenters. The minimum atomic E-state index is -1.70. The molecule has 0 amide bonds. The Morgan fingerprint density at radius 1 is 0.778 bits per heavy atom. The van der Waals surface area contributed by atoms with E-state index in [1.54, 1.807) is 0 Å². The van der Waals surface area contributed by atoms with Gasteiger partial charge < -0.3 is 10.2 Å². The Labute approximate surface area is 110 Å². The van der Waals surface area contributed by atoms with Gasteiger partial charge in [0.2, 0.25) is 0 Å². The summed E-state index contributed by atoms with van der Waals surface area (Å²) in [5.41, 5.74) is -2.72. The first-order valence-electron chi connectivity index (χ1n) is 4.30. The number of carboxylic acid groups (broad SMARTS) is 2. The molecule has 8 heteroatoms. The van der Waals surface area contributed by atoms with E-state index < -0.39 is 44.7 Å². The van der Waals surface area contributed by atoms with E-state index in [1.165, 1.54) is 0 Å². The summed E-state index contributed by atoms with van der Waals surface area (Å²) < 4.78 is 0. The van der Waals surface area contributed by atoms with Gasteiger partial charge in [0, 0.05) is 5.56 Å². The van der Waals surface area contributed by atoms with Gasteiger partial charge in [-0.3, -0.25) is 9.59 Å². The van der Waals surface area contributed by atoms with E-state index in [2.05, 4.69) is 0 Å². The van der Waals surface area contributed by atoms with E-state index in [4.69, 9.17) is 33.4 Å². The smallest absolute Gasteiger partial charge is 0.337 e. The summed E-state index contributed by atoms with van der Waals surface area (Å²) in [7, 11) is 0. The zero-order valence-corrected chi connectivity index (χ0v) is 9.95. The number of carbonyl (C=O) groups excluding carboxylic acids is 2. The largest absolute Gasteiger partial charge is 0.478 e. The Morgan fingerprint density at radius 3 is 1.61 bits per heavy atom. The van der Waals surface area contributed by atoms with Gasteiger partial charge in [0.15, 0.2) is 0 Å². The lowest BCUT2D eigenvalue weighted by Crippen LogP contribution is -2.16. The van der Waals surface area contributed by atoms with Crippen LogP contribution in [0.15, 0.2) is 12.1 Å². The van der Waals surface area contributed by atoms with Gasteiger partial charge in [-0.05, 0) is 35.3 Å². The molecule has 1 rings (SSSR count). The summed E-state index contributed by atoms with van der Waals surface area (Å²) in [5, 5.41) is 15.3. The lowest BCUT2D eigenvalue weighted by atomic mass is 9.97. The molecule has 0 heterocycles. The summed E-state index contributed by atoms with van der Waals surface area (Å²) >= 11 is 10.3. The number of carbonyl (C=O) groups is 4. The van der Waals surface area contributed by atoms with Crippen LogP contribution in [0.2, 0.25) is 0 Å². The van der Waals surface area contributed by atoms with E-state index in [-0.39, 0.29) is 0 Å². The van der Waals surface area contributed by atoms with Crippen molar-refractivity contribution in [1.29, 1.82) is 0 Å². The van der Waals surface area contributed by atoms with Crippen LogP contribution in [-0.4, -0.2) is 32.6 Å². The van der Waals surface area contributed by atoms with Crippen molar-refractivity contribution in [2.75, 3.05) is 0 Å². The number of benzene rings is 1. The molecule has 0 spiro atoms. The fraction of sp³-hybridized carbons (Fsp3) is 0. The third-order valence-corrected chi connectivity index (χ3v) is 2.45. The van der Waals surface area contributed by atoms with Crippen LogP contribution in [0.4, 0.5) is 0 Å². The summed E-state index contributed by atoms with van der Waals surface area (Å²) in [6, 6.07) is 1.80. The maximum absolute atomic E-state index is 11.2. The van der Waals surface area contributed by atoms with E-state index in [9.17, 15) is 19.2 Å². The highest BCUT2D eigenvalue weighted by molar-refractivity contribution is 6.72. The van der Waals surface area contributed by atoms with Crippen LogP contribution >= 0.6 is 23.2 Å². The Hall–Kier alpha value is -1.92. The number of rotatable bonds is 4. The Bertz CT molecular complexity index is 527. The molecule has 0 atom stereocenters. The Morgan fingerprint density at radius 2 is 1.28 bits per heavy atom. The molecule has 18 heavy (non-hydrogen) atoms. The first-order chi connectivity index (χ1) is 8.27. The molecule has 1 aromatic carbocycles. The highest BCUT2D eigenvalue weighted by atomic mass is 35.5. The maximum atomic E-state index is 11.2. The van der Waals surface area contributed by atoms with Crippen LogP contribution in [0.25, 0.3) is 0 Å². The zero-order chi connectivity index (χ0) is 14.0. The van der Waals surface area contributed by atoms with E-state index >= 15 is 0 Å². The average Bonchev–Trinajstić information content (AvgIpc) is 2.26. The molecule has 6 nitrogen and oxygen atoms in total. The van der Waals surface area contributed by atoms with Crippen molar-refractivity contribution < 1.29 is 29.4 Å². The summed E-state index contributed by atoms with van der Waals surface area (Å²) in [6.45, 7) is 0. The lowest BCUT2D eigenvalue weighted by Gasteiger charge is -2.08. The fourth-order valence-electron chi connectivity index (χ4n) is 1.37. The number of hydrogen-bond acceptors (Lipinski definition) is 4. The van der Waals surface area contributed by atoms with Crippen molar-refractivity contribution in [2.45, 2.75) is 0 Å². The average molecular weight is 291 g/mol. The van der Waals surface area contributed by atoms with Gasteiger partial charge in [0.25, 0.3) is 10.5 Å². The minimum Gasteiger partial charge on any atom is -0.478 e. The van der Waals surface area contributed by atoms with Crippen molar-refractivity contribution in [3.05, 3.63) is 34.4 Å². The number of halogens is 2. The van der Waals surface area contributed by atoms with E-state index in [0.29, 0.717) is 0 Å². The van der Waals surface area contributed by atoms with Gasteiger partial charge in [-0.15, -0.1) is 0 Å². The molecular weight excluding hydrogens is 287 g/mol. The van der Waals surface area contributed by atoms with Crippen molar-refractivity contribution in [2.24, 2.45) is 0 Å². The van der Waals surface area contributed by atoms with Gasteiger partial charge in [0.05, 0.1) is 16.7 Å². The van der Waals surface area contributed by atoms with E-state index in [1.807, 2.05) is 0 Å². The molecule has 0 aliphatic heterocycles. The monoisotopic (exact) mass is 290 g/mol. The lowest BCUT2D eigenvalue weighted by molar-refractivity contribution is 0.0650. The quantitative estimate of drug-likeness (QED) is 0.819. The molecule has 0 bridgehead atoms. The van der Waals surface area contributed by atoms with Crippen LogP contribution in [0.3, 0.4) is 0 Å². The second-order valence-corrected chi connectivity index (χ2v) is 3.75. The molecule has 1 aromatic rings. The molecule has 0 saturated carbocycles. The molecule has 94 valence electrons. The number of hydrogen-bond donors (Lipinski definition) is 2. The van der Waals surface area contributed by atoms with Crippen LogP contribution < -0.4 is 0 Å². The van der Waals surface area contributed by atoms with Gasteiger partial charge >= 0.3 is 11.9 Å². The zero-order valence-electron chi connectivity index (χ0n) is 8.44. The van der Waals surface area contributed by atoms with Gasteiger partial charge in [-0.25, -0.2) is 9.59 Å². The van der Waals surface area contributed by atoms with Crippen LogP contribution in [0.5, 0.6) is 0 Å². The van der Waals surface area contributed by atoms with Crippen molar-refractivity contribution >= 4 is 45.6 Å². The molecule has 0 aliphatic carbocycles. The molecule has 0 aromatic heterocycles. The molecule has 2 N–H and O–H groups in total. The van der Waals surface area contributed by atoms with Crippen molar-refractivity contribution in [1.82, 2.24) is 0 Å². The van der Waals surface area contributed by atoms with Gasteiger partial charge in [0.1, 0.15) is 0 Å². The third-order valence-electron chi connectivity index (χ3n) is 2.06. The van der Waals surface area contributed by atoms with Crippen LogP contribution in [0, 0.1) is 0 Å². The van der Waals surface area contributed by atoms with Crippen molar-refractivity contribution in [3.63, 3.8) is 0 Å². The number of aromatic carboxylic acids is 2. The van der Waals surface area contributed by atoms with Crippen LogP contribution in [-0.2, 0) is 0 Å². The molecule has 0 aliphatic rings. The third kappa shape index (κ3) is 2.49. The first-order valence-corrected chi connectivity index (χ1v) is 5.06. The van der Waals surface area contributed by atoms with E-state index in [0.717, 1.165) is 12.1 Å². The topological polar surface area (TPSA) is 109 Å². The SMILES string of the molecule is O=C(O)c1ccc(C(=O)Cl)c(C(=O)Cl)c1C(=O)O. The minimum absolute atomic E-state index is 0.459. The normalized spacial score (nSPS) is 9.89. The molecule has 0 radical (unpaired) electrons. The van der Waals surface area contributed by atoms with Crippen molar-refractivity contribution in [3.8, 4) is 0 Å².